The number of likely N-dealkylation sites (N-methyl/N-ethyl adjacent to an activating group) is 1. The van der Waals surface area contributed by atoms with Crippen molar-refractivity contribution in [3.05, 3.63) is 60.3 Å². The molecule has 0 unspecified atom stereocenters. The third-order valence-corrected chi connectivity index (χ3v) is 4.33. The monoisotopic (exact) mass is 354 g/mol. The van der Waals surface area contributed by atoms with Gasteiger partial charge in [0.15, 0.2) is 0 Å². The first-order chi connectivity index (χ1) is 12.7. The number of carbonyl (C=O) groups excluding carboxylic acids is 1. The predicted molar refractivity (Wildman–Crippen MR) is 95.9 cm³/mol. The van der Waals surface area contributed by atoms with E-state index in [-0.39, 0.29) is 11.9 Å². The highest BCUT2D eigenvalue weighted by Crippen LogP contribution is 2.21. The molecule has 0 radical (unpaired) electrons. The number of para-hydroxylation sites is 1. The molecule has 1 aromatic carbocycles. The van der Waals surface area contributed by atoms with Crippen LogP contribution < -0.4 is 5.32 Å². The van der Waals surface area contributed by atoms with Crippen LogP contribution in [0.2, 0.25) is 0 Å². The summed E-state index contributed by atoms with van der Waals surface area (Å²) in [5.74, 6) is 0.655. The lowest BCUT2D eigenvalue weighted by atomic mass is 10.1. The van der Waals surface area contributed by atoms with E-state index in [0.29, 0.717) is 17.8 Å². The Morgan fingerprint density at radius 2 is 2.04 bits per heavy atom. The van der Waals surface area contributed by atoms with Crippen LogP contribution in [0.15, 0.2) is 53.4 Å². The lowest BCUT2D eigenvalue weighted by Gasteiger charge is -2.28. The Labute approximate surface area is 151 Å². The number of rotatable bonds is 8. The normalized spacial score (nSPS) is 12.3. The fourth-order valence-corrected chi connectivity index (χ4v) is 2.98. The maximum absolute atomic E-state index is 12.8. The fraction of sp³-hybridized carbons (Fsp3) is 0.333. The van der Waals surface area contributed by atoms with Crippen LogP contribution in [0.5, 0.6) is 0 Å². The van der Waals surface area contributed by atoms with Gasteiger partial charge in [0.25, 0.3) is 5.91 Å². The van der Waals surface area contributed by atoms with Crippen molar-refractivity contribution < 1.29 is 9.21 Å². The van der Waals surface area contributed by atoms with Crippen LogP contribution in [-0.4, -0.2) is 50.6 Å². The quantitative estimate of drug-likeness (QED) is 0.666. The van der Waals surface area contributed by atoms with E-state index in [1.54, 1.807) is 18.4 Å². The van der Waals surface area contributed by atoms with Crippen molar-refractivity contribution in [3.8, 4) is 5.69 Å². The highest BCUT2D eigenvalue weighted by atomic mass is 16.3. The Hall–Kier alpha value is -3.00. The SMILES string of the molecule is CCN(CC)[C@@H](CNC(=O)c1ccccc1-n1cnnn1)c1ccco1. The predicted octanol–water partition coefficient (Wildman–Crippen LogP) is 2.07. The van der Waals surface area contributed by atoms with Crippen LogP contribution >= 0.6 is 0 Å². The number of furan rings is 1. The molecule has 0 aliphatic heterocycles. The molecule has 26 heavy (non-hydrogen) atoms. The highest BCUT2D eigenvalue weighted by molar-refractivity contribution is 5.97. The molecule has 0 aliphatic carbocycles. The summed E-state index contributed by atoms with van der Waals surface area (Å²) < 4.78 is 7.05. The van der Waals surface area contributed by atoms with Gasteiger partial charge in [-0.1, -0.05) is 26.0 Å². The summed E-state index contributed by atoms with van der Waals surface area (Å²) in [5, 5.41) is 14.2. The summed E-state index contributed by atoms with van der Waals surface area (Å²) in [6.07, 6.45) is 3.12. The summed E-state index contributed by atoms with van der Waals surface area (Å²) in [4.78, 5) is 15.0. The van der Waals surface area contributed by atoms with Crippen molar-refractivity contribution in [2.45, 2.75) is 19.9 Å². The molecule has 0 spiro atoms. The number of amides is 1. The van der Waals surface area contributed by atoms with Crippen molar-refractivity contribution >= 4 is 5.91 Å². The zero-order valence-corrected chi connectivity index (χ0v) is 14.9. The van der Waals surface area contributed by atoms with Crippen molar-refractivity contribution in [3.63, 3.8) is 0 Å². The lowest BCUT2D eigenvalue weighted by Crippen LogP contribution is -2.38. The molecule has 1 N–H and O–H groups in total. The Morgan fingerprint density at radius 3 is 2.69 bits per heavy atom. The summed E-state index contributed by atoms with van der Waals surface area (Å²) >= 11 is 0. The third-order valence-electron chi connectivity index (χ3n) is 4.33. The van der Waals surface area contributed by atoms with E-state index in [2.05, 4.69) is 39.6 Å². The van der Waals surface area contributed by atoms with Crippen LogP contribution in [-0.2, 0) is 0 Å². The summed E-state index contributed by atoms with van der Waals surface area (Å²) in [6, 6.07) is 11.0. The molecule has 8 heteroatoms. The van der Waals surface area contributed by atoms with E-state index < -0.39 is 0 Å². The van der Waals surface area contributed by atoms with Gasteiger partial charge in [0.05, 0.1) is 23.6 Å². The molecule has 136 valence electrons. The number of aromatic nitrogens is 4. The van der Waals surface area contributed by atoms with E-state index >= 15 is 0 Å². The molecule has 3 rings (SSSR count). The van der Waals surface area contributed by atoms with Crippen molar-refractivity contribution in [2.75, 3.05) is 19.6 Å². The maximum Gasteiger partial charge on any atom is 0.253 e. The fourth-order valence-electron chi connectivity index (χ4n) is 2.98. The van der Waals surface area contributed by atoms with Gasteiger partial charge in [-0.05, 0) is 47.8 Å². The van der Waals surface area contributed by atoms with Gasteiger partial charge in [0.2, 0.25) is 0 Å². The van der Waals surface area contributed by atoms with Crippen LogP contribution in [0.1, 0.15) is 36.0 Å². The smallest absolute Gasteiger partial charge is 0.253 e. The number of hydrogen-bond donors (Lipinski definition) is 1. The van der Waals surface area contributed by atoms with E-state index in [1.165, 1.54) is 11.0 Å². The minimum atomic E-state index is -0.181. The average Bonchev–Trinajstić information content (AvgIpc) is 3.39. The van der Waals surface area contributed by atoms with Gasteiger partial charge in [-0.3, -0.25) is 9.69 Å². The standard InChI is InChI=1S/C18H22N6O2/c1-3-23(4-2)16(17-10-7-11-26-17)12-19-18(25)14-8-5-6-9-15(14)24-13-20-21-22-24/h5-11,13,16H,3-4,12H2,1-2H3,(H,19,25)/t16-/m0/s1. The van der Waals surface area contributed by atoms with E-state index in [1.807, 2.05) is 24.3 Å². The maximum atomic E-state index is 12.8. The minimum Gasteiger partial charge on any atom is -0.468 e. The minimum absolute atomic E-state index is 0.0239. The van der Waals surface area contributed by atoms with Gasteiger partial charge < -0.3 is 9.73 Å². The van der Waals surface area contributed by atoms with Gasteiger partial charge in [-0.25, -0.2) is 0 Å². The van der Waals surface area contributed by atoms with Gasteiger partial charge in [-0.15, -0.1) is 5.10 Å². The largest absolute Gasteiger partial charge is 0.468 e. The number of nitrogens with zero attached hydrogens (tertiary/aromatic N) is 5. The van der Waals surface area contributed by atoms with E-state index in [9.17, 15) is 4.79 Å². The van der Waals surface area contributed by atoms with Crippen molar-refractivity contribution in [1.82, 2.24) is 30.4 Å². The van der Waals surface area contributed by atoms with Crippen molar-refractivity contribution in [1.29, 1.82) is 0 Å². The van der Waals surface area contributed by atoms with Gasteiger partial charge in [0.1, 0.15) is 12.1 Å². The van der Waals surface area contributed by atoms with E-state index in [4.69, 9.17) is 4.42 Å². The highest BCUT2D eigenvalue weighted by Gasteiger charge is 2.22. The van der Waals surface area contributed by atoms with Crippen LogP contribution in [0.25, 0.3) is 5.69 Å². The number of carbonyl (C=O) groups is 1. The van der Waals surface area contributed by atoms with Crippen LogP contribution in [0.4, 0.5) is 0 Å². The summed E-state index contributed by atoms with van der Waals surface area (Å²) in [7, 11) is 0. The molecule has 2 heterocycles. The molecule has 3 aromatic rings. The Bertz CT molecular complexity index is 812. The third kappa shape index (κ3) is 3.80. The van der Waals surface area contributed by atoms with Gasteiger partial charge in [-0.2, -0.15) is 4.68 Å². The number of benzene rings is 1. The molecular formula is C18H22N6O2. The molecule has 0 bridgehead atoms. The first-order valence-electron chi connectivity index (χ1n) is 8.62. The Balaban J connectivity index is 1.77. The molecule has 2 aromatic heterocycles. The van der Waals surface area contributed by atoms with E-state index in [0.717, 1.165) is 18.8 Å². The molecule has 1 atom stereocenters. The lowest BCUT2D eigenvalue weighted by molar-refractivity contribution is 0.0929. The zero-order chi connectivity index (χ0) is 18.4. The number of tetrazole rings is 1. The molecule has 0 saturated carbocycles. The number of nitrogens with one attached hydrogen (secondary N) is 1. The summed E-state index contributed by atoms with van der Waals surface area (Å²) in [5.41, 5.74) is 1.14. The van der Waals surface area contributed by atoms with Crippen molar-refractivity contribution in [2.24, 2.45) is 0 Å². The first-order valence-corrected chi connectivity index (χ1v) is 8.62. The average molecular weight is 354 g/mol. The topological polar surface area (TPSA) is 89.1 Å². The Kier molecular flexibility index (Phi) is 5.75. The molecule has 1 amide bonds. The first kappa shape index (κ1) is 17.8. The second-order valence-corrected chi connectivity index (χ2v) is 5.73. The molecular weight excluding hydrogens is 332 g/mol. The number of hydrogen-bond acceptors (Lipinski definition) is 6. The van der Waals surface area contributed by atoms with Gasteiger partial charge >= 0.3 is 0 Å². The molecule has 0 aliphatic rings. The van der Waals surface area contributed by atoms with Gasteiger partial charge in [0, 0.05) is 6.54 Å². The Morgan fingerprint density at radius 1 is 1.23 bits per heavy atom. The second kappa shape index (κ2) is 8.39. The molecule has 0 fully saturated rings. The second-order valence-electron chi connectivity index (χ2n) is 5.73. The molecule has 0 saturated heterocycles. The molecule has 8 nitrogen and oxygen atoms in total. The van der Waals surface area contributed by atoms with Crippen LogP contribution in [0.3, 0.4) is 0 Å². The van der Waals surface area contributed by atoms with Crippen LogP contribution in [0, 0.1) is 0 Å². The summed E-state index contributed by atoms with van der Waals surface area (Å²) in [6.45, 7) is 6.35. The zero-order valence-electron chi connectivity index (χ0n) is 14.9.